The molecule has 1 rings (SSSR count). The van der Waals surface area contributed by atoms with Crippen LogP contribution in [0.5, 0.6) is 0 Å². The van der Waals surface area contributed by atoms with Crippen LogP contribution in [-0.2, 0) is 0 Å². The summed E-state index contributed by atoms with van der Waals surface area (Å²) >= 11 is 0. The van der Waals surface area contributed by atoms with Crippen LogP contribution in [0.4, 0.5) is 17.6 Å². The molecule has 19 heavy (non-hydrogen) atoms. The summed E-state index contributed by atoms with van der Waals surface area (Å²) in [4.78, 5) is 0. The van der Waals surface area contributed by atoms with Crippen LogP contribution in [0.2, 0.25) is 0 Å². The number of halogens is 4. The Morgan fingerprint density at radius 3 is 2.11 bits per heavy atom. The summed E-state index contributed by atoms with van der Waals surface area (Å²) < 4.78 is 51.3. The fraction of sp³-hybridized carbons (Fsp3) is 0.571. The Balaban J connectivity index is 3.03. The van der Waals surface area contributed by atoms with Crippen LogP contribution in [0.25, 0.3) is 0 Å². The molecule has 1 N–H and O–H groups in total. The molecule has 0 bridgehead atoms. The lowest BCUT2D eigenvalue weighted by atomic mass is 9.98. The maximum absolute atomic E-state index is 13.5. The maximum atomic E-state index is 13.5. The van der Waals surface area contributed by atoms with Gasteiger partial charge in [0.05, 0.1) is 6.42 Å². The van der Waals surface area contributed by atoms with Crippen LogP contribution in [0.3, 0.4) is 0 Å². The molecule has 0 aliphatic rings. The molecule has 1 unspecified atom stereocenters. The average Bonchev–Trinajstić information content (AvgIpc) is 2.29. The largest absolute Gasteiger partial charge is 0.390 e. The highest BCUT2D eigenvalue weighted by atomic mass is 19.4. The van der Waals surface area contributed by atoms with E-state index in [1.807, 2.05) is 6.92 Å². The fourth-order valence-electron chi connectivity index (χ4n) is 2.04. The summed E-state index contributed by atoms with van der Waals surface area (Å²) in [5, 5.41) is 2.87. The molecule has 1 aromatic rings. The van der Waals surface area contributed by atoms with Crippen molar-refractivity contribution in [3.8, 4) is 0 Å². The van der Waals surface area contributed by atoms with Gasteiger partial charge in [-0.1, -0.05) is 19.1 Å². The molecule has 0 saturated heterocycles. The summed E-state index contributed by atoms with van der Waals surface area (Å²) in [5.41, 5.74) is 1.24. The van der Waals surface area contributed by atoms with Crippen molar-refractivity contribution in [1.82, 2.24) is 5.32 Å². The Morgan fingerprint density at radius 2 is 1.68 bits per heavy atom. The standard InChI is InChI=1S/C14H19F4N/c1-4-5-19-12(8-14(16,17)18)11-6-9(2)13(15)10(3)7-11/h6-7,12,19H,4-5,8H2,1-3H3. The van der Waals surface area contributed by atoms with E-state index in [-0.39, 0.29) is 5.82 Å². The second kappa shape index (κ2) is 6.37. The zero-order chi connectivity index (χ0) is 14.6. The summed E-state index contributed by atoms with van der Waals surface area (Å²) in [6.45, 7) is 5.52. The van der Waals surface area contributed by atoms with Gasteiger partial charge in [-0.2, -0.15) is 13.2 Å². The van der Waals surface area contributed by atoms with Crippen molar-refractivity contribution < 1.29 is 17.6 Å². The number of hydrogen-bond acceptors (Lipinski definition) is 1. The van der Waals surface area contributed by atoms with Crippen molar-refractivity contribution in [3.63, 3.8) is 0 Å². The molecule has 0 aromatic heterocycles. The van der Waals surface area contributed by atoms with Crippen LogP contribution in [0, 0.1) is 19.7 Å². The monoisotopic (exact) mass is 277 g/mol. The van der Waals surface area contributed by atoms with Gasteiger partial charge in [0.2, 0.25) is 0 Å². The third-order valence-corrected chi connectivity index (χ3v) is 2.94. The zero-order valence-corrected chi connectivity index (χ0v) is 11.4. The normalized spacial score (nSPS) is 13.6. The van der Waals surface area contributed by atoms with Crippen LogP contribution < -0.4 is 5.32 Å². The van der Waals surface area contributed by atoms with E-state index in [4.69, 9.17) is 0 Å². The van der Waals surface area contributed by atoms with Gasteiger partial charge >= 0.3 is 6.18 Å². The summed E-state index contributed by atoms with van der Waals surface area (Å²) in [7, 11) is 0. The second-order valence-electron chi connectivity index (χ2n) is 4.79. The molecular formula is C14H19F4N. The lowest BCUT2D eigenvalue weighted by Crippen LogP contribution is -2.27. The van der Waals surface area contributed by atoms with E-state index in [1.54, 1.807) is 13.8 Å². The Hall–Kier alpha value is -1.10. The topological polar surface area (TPSA) is 12.0 Å². The van der Waals surface area contributed by atoms with E-state index in [9.17, 15) is 17.6 Å². The molecular weight excluding hydrogens is 258 g/mol. The molecule has 0 amide bonds. The number of aryl methyl sites for hydroxylation is 2. The van der Waals surface area contributed by atoms with Crippen molar-refractivity contribution in [3.05, 3.63) is 34.6 Å². The molecule has 0 aliphatic carbocycles. The second-order valence-corrected chi connectivity index (χ2v) is 4.79. The molecule has 0 saturated carbocycles. The lowest BCUT2D eigenvalue weighted by molar-refractivity contribution is -0.140. The highest BCUT2D eigenvalue weighted by Gasteiger charge is 2.32. The van der Waals surface area contributed by atoms with E-state index in [0.29, 0.717) is 23.2 Å². The third kappa shape index (κ3) is 4.82. The first-order valence-corrected chi connectivity index (χ1v) is 6.31. The predicted octanol–water partition coefficient (Wildman–Crippen LogP) is 4.44. The summed E-state index contributed by atoms with van der Waals surface area (Å²) in [6, 6.07) is 2.15. The molecule has 0 heterocycles. The first-order valence-electron chi connectivity index (χ1n) is 6.31. The quantitative estimate of drug-likeness (QED) is 0.785. The lowest BCUT2D eigenvalue weighted by Gasteiger charge is -2.21. The van der Waals surface area contributed by atoms with Crippen molar-refractivity contribution in [2.24, 2.45) is 0 Å². The van der Waals surface area contributed by atoms with Gasteiger partial charge in [0.15, 0.2) is 0 Å². The van der Waals surface area contributed by atoms with Gasteiger partial charge in [0, 0.05) is 6.04 Å². The minimum absolute atomic E-state index is 0.356. The van der Waals surface area contributed by atoms with E-state index in [0.717, 1.165) is 6.42 Å². The molecule has 1 atom stereocenters. The third-order valence-electron chi connectivity index (χ3n) is 2.94. The average molecular weight is 277 g/mol. The van der Waals surface area contributed by atoms with Gasteiger partial charge in [-0.05, 0) is 43.5 Å². The molecule has 1 aromatic carbocycles. The molecule has 0 radical (unpaired) electrons. The molecule has 0 spiro atoms. The number of rotatable bonds is 5. The molecule has 5 heteroatoms. The number of nitrogens with one attached hydrogen (secondary N) is 1. The molecule has 1 nitrogen and oxygen atoms in total. The highest BCUT2D eigenvalue weighted by molar-refractivity contribution is 5.32. The number of hydrogen-bond donors (Lipinski definition) is 1. The van der Waals surface area contributed by atoms with Gasteiger partial charge in [-0.15, -0.1) is 0 Å². The minimum Gasteiger partial charge on any atom is -0.310 e. The van der Waals surface area contributed by atoms with Gasteiger partial charge in [0.1, 0.15) is 5.82 Å². The van der Waals surface area contributed by atoms with Gasteiger partial charge in [0.25, 0.3) is 0 Å². The predicted molar refractivity (Wildman–Crippen MR) is 67.6 cm³/mol. The van der Waals surface area contributed by atoms with Crippen molar-refractivity contribution in [2.75, 3.05) is 6.54 Å². The van der Waals surface area contributed by atoms with Crippen LogP contribution in [0.15, 0.2) is 12.1 Å². The Morgan fingerprint density at radius 1 is 1.16 bits per heavy atom. The van der Waals surface area contributed by atoms with E-state index in [1.165, 1.54) is 12.1 Å². The van der Waals surface area contributed by atoms with E-state index >= 15 is 0 Å². The SMILES string of the molecule is CCCNC(CC(F)(F)F)c1cc(C)c(F)c(C)c1. The van der Waals surface area contributed by atoms with Crippen molar-refractivity contribution >= 4 is 0 Å². The van der Waals surface area contributed by atoms with Crippen LogP contribution in [0.1, 0.15) is 42.5 Å². The number of alkyl halides is 3. The summed E-state index contributed by atoms with van der Waals surface area (Å²) in [6.07, 6.45) is -4.45. The first kappa shape index (κ1) is 16.0. The Bertz CT molecular complexity index is 403. The molecule has 0 aliphatic heterocycles. The van der Waals surface area contributed by atoms with Crippen molar-refractivity contribution in [1.29, 1.82) is 0 Å². The van der Waals surface area contributed by atoms with Crippen LogP contribution in [-0.4, -0.2) is 12.7 Å². The van der Waals surface area contributed by atoms with E-state index in [2.05, 4.69) is 5.32 Å². The highest BCUT2D eigenvalue weighted by Crippen LogP contribution is 2.31. The Kier molecular flexibility index (Phi) is 5.35. The molecule has 0 fully saturated rings. The van der Waals surface area contributed by atoms with Gasteiger partial charge in [-0.25, -0.2) is 4.39 Å². The van der Waals surface area contributed by atoms with Crippen molar-refractivity contribution in [2.45, 2.75) is 45.8 Å². The zero-order valence-electron chi connectivity index (χ0n) is 11.4. The van der Waals surface area contributed by atoms with Gasteiger partial charge in [-0.3, -0.25) is 0 Å². The number of benzene rings is 1. The maximum Gasteiger partial charge on any atom is 0.390 e. The summed E-state index contributed by atoms with van der Waals surface area (Å²) in [5.74, 6) is -0.356. The molecule has 108 valence electrons. The van der Waals surface area contributed by atoms with Gasteiger partial charge < -0.3 is 5.32 Å². The fourth-order valence-corrected chi connectivity index (χ4v) is 2.04. The smallest absolute Gasteiger partial charge is 0.310 e. The van der Waals surface area contributed by atoms with E-state index < -0.39 is 18.6 Å². The minimum atomic E-state index is -4.25. The van der Waals surface area contributed by atoms with Crippen LogP contribution >= 0.6 is 0 Å². The first-order chi connectivity index (χ1) is 8.74. The Labute approximate surface area is 111 Å².